The monoisotopic (exact) mass is 1180 g/mol. The number of quaternary nitrogens is 1. The van der Waals surface area contributed by atoms with E-state index in [0.29, 0.717) is 17.4 Å². The van der Waals surface area contributed by atoms with E-state index in [1.807, 2.05) is 33.3 Å². The van der Waals surface area contributed by atoms with Crippen molar-refractivity contribution in [2.75, 3.05) is 40.9 Å². The summed E-state index contributed by atoms with van der Waals surface area (Å²) in [6.07, 6.45) is 84.1. The van der Waals surface area contributed by atoms with E-state index >= 15 is 0 Å². The Morgan fingerprint density at radius 1 is 0.434 bits per heavy atom. The van der Waals surface area contributed by atoms with Crippen LogP contribution < -0.4 is 5.32 Å². The van der Waals surface area contributed by atoms with Gasteiger partial charge in [0.25, 0.3) is 0 Å². The molecule has 9 nitrogen and oxygen atoms in total. The zero-order valence-electron chi connectivity index (χ0n) is 54.9. The van der Waals surface area contributed by atoms with Crippen LogP contribution in [-0.2, 0) is 27.9 Å². The fourth-order valence-electron chi connectivity index (χ4n) is 9.70. The summed E-state index contributed by atoms with van der Waals surface area (Å²) in [5, 5.41) is 3.07. The lowest BCUT2D eigenvalue weighted by atomic mass is 10.0. The van der Waals surface area contributed by atoms with Crippen LogP contribution in [0.3, 0.4) is 0 Å². The molecule has 3 unspecified atom stereocenters. The number of nitrogens with zero attached hydrogens (tertiary/aromatic N) is 1. The van der Waals surface area contributed by atoms with Gasteiger partial charge in [-0.2, -0.15) is 0 Å². The number of amides is 1. The standard InChI is InChI=1S/C73H131N2O7P/c1-7-10-13-16-19-22-25-28-30-32-33-34-35-36-37-38-39-40-41-43-44-47-50-53-56-59-62-65-72(76)74-70(69-81-83(78,79)80-68-67-75(4,5)6)71(64-61-58-55-52-49-46-27-24-21-18-15-12-9-3)82-73(77)66-63-60-57-54-51-48-45-42-31-29-26-23-20-17-14-11-8-2/h10,13,19-20,22-23,28-31,33-34,36-37,61,64,70-71H,7-9,11-12,14-18,21,24-27,32,35,38-60,62-63,65-69H2,1-6H3,(H-,74,76,78,79)/p+1/b13-10-,22-19-,23-20-,30-28-,31-29-,34-33-,37-36-,64-61-. The van der Waals surface area contributed by atoms with Gasteiger partial charge in [0.1, 0.15) is 19.3 Å². The first-order valence-electron chi connectivity index (χ1n) is 34.6. The van der Waals surface area contributed by atoms with E-state index in [0.717, 1.165) is 109 Å². The Bertz CT molecular complexity index is 1740. The van der Waals surface area contributed by atoms with Gasteiger partial charge in [0.2, 0.25) is 5.91 Å². The molecule has 0 saturated carbocycles. The smallest absolute Gasteiger partial charge is 0.456 e. The lowest BCUT2D eigenvalue weighted by Gasteiger charge is -2.27. The van der Waals surface area contributed by atoms with Crippen molar-refractivity contribution in [3.05, 3.63) is 97.2 Å². The number of unbranched alkanes of at least 4 members (excludes halogenated alkanes) is 32. The van der Waals surface area contributed by atoms with Crippen molar-refractivity contribution < 1.29 is 37.3 Å². The van der Waals surface area contributed by atoms with Gasteiger partial charge in [-0.1, -0.05) is 279 Å². The van der Waals surface area contributed by atoms with Crippen LogP contribution in [0.5, 0.6) is 0 Å². The normalized spacial score (nSPS) is 14.2. The summed E-state index contributed by atoms with van der Waals surface area (Å²) in [4.78, 5) is 37.9. The molecule has 0 fully saturated rings. The van der Waals surface area contributed by atoms with E-state index in [2.05, 4.69) is 111 Å². The summed E-state index contributed by atoms with van der Waals surface area (Å²) in [5.74, 6) is -0.514. The van der Waals surface area contributed by atoms with Crippen LogP contribution in [0.1, 0.15) is 303 Å². The van der Waals surface area contributed by atoms with Crippen LogP contribution in [0.4, 0.5) is 0 Å². The highest BCUT2D eigenvalue weighted by molar-refractivity contribution is 7.47. The highest BCUT2D eigenvalue weighted by Crippen LogP contribution is 2.43. The molecule has 0 bridgehead atoms. The Labute approximate surface area is 513 Å². The second-order valence-electron chi connectivity index (χ2n) is 24.3. The average Bonchev–Trinajstić information content (AvgIpc) is 3.47. The number of ether oxygens (including phenoxy) is 1. The molecule has 0 aromatic carbocycles. The Morgan fingerprint density at radius 3 is 1.18 bits per heavy atom. The SMILES string of the molecule is CC/C=C\C/C=C\C/C=C\C/C=C\C/C=C\CCCCCCCCCCCCCC(=O)NC(COP(=O)(O)OCC[N+](C)(C)C)C(/C=C\CCCCCCCCCCCCC)OC(=O)CCCCCCCCC/C=C\C/C=C\CCCCC. The van der Waals surface area contributed by atoms with Crippen LogP contribution in [-0.4, -0.2) is 74.3 Å². The van der Waals surface area contributed by atoms with Crippen LogP contribution in [0.25, 0.3) is 0 Å². The minimum Gasteiger partial charge on any atom is -0.456 e. The molecule has 0 radical (unpaired) electrons. The summed E-state index contributed by atoms with van der Waals surface area (Å²) < 4.78 is 30.8. The molecule has 0 saturated heterocycles. The zero-order valence-corrected chi connectivity index (χ0v) is 55.8. The number of carbonyl (C=O) groups is 2. The largest absolute Gasteiger partial charge is 0.472 e. The van der Waals surface area contributed by atoms with Crippen LogP contribution in [0, 0.1) is 0 Å². The summed E-state index contributed by atoms with van der Waals surface area (Å²) in [5.41, 5.74) is 0. The highest BCUT2D eigenvalue weighted by Gasteiger charge is 2.30. The molecule has 83 heavy (non-hydrogen) atoms. The number of allylic oxidation sites excluding steroid dienone is 15. The third-order valence-corrected chi connectivity index (χ3v) is 16.0. The van der Waals surface area contributed by atoms with Gasteiger partial charge in [0.15, 0.2) is 0 Å². The van der Waals surface area contributed by atoms with E-state index < -0.39 is 20.0 Å². The van der Waals surface area contributed by atoms with Gasteiger partial charge >= 0.3 is 13.8 Å². The molecule has 0 aromatic heterocycles. The van der Waals surface area contributed by atoms with Gasteiger partial charge in [-0.15, -0.1) is 0 Å². The van der Waals surface area contributed by atoms with Crippen LogP contribution >= 0.6 is 7.82 Å². The summed E-state index contributed by atoms with van der Waals surface area (Å²) >= 11 is 0. The molecular weight excluding hydrogens is 1050 g/mol. The molecule has 0 aliphatic heterocycles. The molecule has 10 heteroatoms. The number of likely N-dealkylation sites (N-methyl/N-ethyl adjacent to an activating group) is 1. The summed E-state index contributed by atoms with van der Waals surface area (Å²) in [6, 6.07) is -0.859. The molecule has 0 spiro atoms. The Balaban J connectivity index is 5.11. The number of phosphoric ester groups is 1. The molecule has 0 rings (SSSR count). The van der Waals surface area contributed by atoms with Crippen molar-refractivity contribution in [2.24, 2.45) is 0 Å². The van der Waals surface area contributed by atoms with Crippen LogP contribution in [0.15, 0.2) is 97.2 Å². The predicted octanol–water partition coefficient (Wildman–Crippen LogP) is 21.9. The first-order valence-corrected chi connectivity index (χ1v) is 36.1. The molecule has 3 atom stereocenters. The van der Waals surface area contributed by atoms with E-state index in [1.165, 1.54) is 161 Å². The van der Waals surface area contributed by atoms with Crippen molar-refractivity contribution in [2.45, 2.75) is 315 Å². The van der Waals surface area contributed by atoms with Gasteiger partial charge in [0, 0.05) is 12.8 Å². The first-order chi connectivity index (χ1) is 40.4. The predicted molar refractivity (Wildman–Crippen MR) is 360 cm³/mol. The van der Waals surface area contributed by atoms with Crippen molar-refractivity contribution in [1.82, 2.24) is 5.32 Å². The summed E-state index contributed by atoms with van der Waals surface area (Å²) in [7, 11) is 1.49. The zero-order chi connectivity index (χ0) is 60.7. The minimum atomic E-state index is -4.46. The van der Waals surface area contributed by atoms with Crippen LogP contribution in [0.2, 0.25) is 0 Å². The van der Waals surface area contributed by atoms with Gasteiger partial charge in [-0.3, -0.25) is 18.6 Å². The van der Waals surface area contributed by atoms with Crippen molar-refractivity contribution >= 4 is 19.7 Å². The quantitative estimate of drug-likeness (QED) is 0.0205. The maximum Gasteiger partial charge on any atom is 0.472 e. The van der Waals surface area contributed by atoms with Crippen molar-refractivity contribution in [3.8, 4) is 0 Å². The third kappa shape index (κ3) is 63.3. The summed E-state index contributed by atoms with van der Waals surface area (Å²) in [6.45, 7) is 6.89. The van der Waals surface area contributed by atoms with Gasteiger partial charge in [0.05, 0.1) is 33.8 Å². The number of nitrogens with one attached hydrogen (secondary N) is 1. The maximum absolute atomic E-state index is 13.6. The molecule has 1 amide bonds. The average molecular weight is 1180 g/mol. The van der Waals surface area contributed by atoms with E-state index in [9.17, 15) is 19.0 Å². The number of phosphoric acid groups is 1. The van der Waals surface area contributed by atoms with E-state index in [-0.39, 0.29) is 31.5 Å². The van der Waals surface area contributed by atoms with Crippen molar-refractivity contribution in [1.29, 1.82) is 0 Å². The first kappa shape index (κ1) is 79.9. The fourth-order valence-corrected chi connectivity index (χ4v) is 10.4. The Kier molecular flexibility index (Phi) is 59.7. The fraction of sp³-hybridized carbons (Fsp3) is 0.753. The number of rotatable bonds is 62. The number of carbonyl (C=O) groups excluding carboxylic acids is 2. The third-order valence-electron chi connectivity index (χ3n) is 15.0. The topological polar surface area (TPSA) is 111 Å². The van der Waals surface area contributed by atoms with Gasteiger partial charge in [-0.25, -0.2) is 4.57 Å². The molecule has 2 N–H and O–H groups in total. The molecule has 0 heterocycles. The number of hydrogen-bond donors (Lipinski definition) is 2. The lowest BCUT2D eigenvalue weighted by molar-refractivity contribution is -0.870. The van der Waals surface area contributed by atoms with Gasteiger partial charge < -0.3 is 19.4 Å². The molecule has 480 valence electrons. The highest BCUT2D eigenvalue weighted by atomic mass is 31.2. The van der Waals surface area contributed by atoms with Gasteiger partial charge in [-0.05, 0) is 109 Å². The van der Waals surface area contributed by atoms with E-state index in [1.54, 1.807) is 0 Å². The number of esters is 1. The Morgan fingerprint density at radius 2 is 0.771 bits per heavy atom. The van der Waals surface area contributed by atoms with E-state index in [4.69, 9.17) is 13.8 Å². The molecule has 0 aliphatic carbocycles. The van der Waals surface area contributed by atoms with Crippen molar-refractivity contribution in [3.63, 3.8) is 0 Å². The lowest BCUT2D eigenvalue weighted by Crippen LogP contribution is -2.47. The Hall–Kier alpha value is -3.07. The number of hydrogen-bond acceptors (Lipinski definition) is 6. The molecule has 0 aromatic rings. The minimum absolute atomic E-state index is 0.0350. The second-order valence-corrected chi connectivity index (χ2v) is 25.8. The maximum atomic E-state index is 13.6. The second kappa shape index (κ2) is 62.0. The molecular formula is C73H132N2O7P+. The molecule has 0 aliphatic rings.